The molecule has 0 unspecified atom stereocenters. The van der Waals surface area contributed by atoms with Crippen LogP contribution in [0.1, 0.15) is 11.1 Å². The highest BCUT2D eigenvalue weighted by molar-refractivity contribution is 6.26. The van der Waals surface area contributed by atoms with Crippen LogP contribution in [0.5, 0.6) is 0 Å². The van der Waals surface area contributed by atoms with Gasteiger partial charge in [0, 0.05) is 17.1 Å². The van der Waals surface area contributed by atoms with Gasteiger partial charge in [0.2, 0.25) is 0 Å². The fraction of sp³-hybridized carbons (Fsp3) is 0.0556. The fourth-order valence-corrected chi connectivity index (χ4v) is 2.93. The minimum atomic E-state index is 0.0613. The Kier molecular flexibility index (Phi) is 2.36. The maximum atomic E-state index is 12.7. The summed E-state index contributed by atoms with van der Waals surface area (Å²) in [6.07, 6.45) is 13.8. The first kappa shape index (κ1) is 11.2. The van der Waals surface area contributed by atoms with Crippen molar-refractivity contribution in [3.05, 3.63) is 83.2 Å². The molecule has 1 aromatic carbocycles. The summed E-state index contributed by atoms with van der Waals surface area (Å²) in [5.41, 5.74) is 5.00. The lowest BCUT2D eigenvalue weighted by Crippen LogP contribution is -2.17. The maximum Gasteiger partial charge on any atom is 0.190 e. The van der Waals surface area contributed by atoms with Crippen LogP contribution in [0.2, 0.25) is 0 Å². The van der Waals surface area contributed by atoms with E-state index in [0.29, 0.717) is 0 Å². The summed E-state index contributed by atoms with van der Waals surface area (Å²) in [6, 6.07) is 8.14. The highest BCUT2D eigenvalue weighted by Gasteiger charge is 2.30. The molecule has 4 rings (SSSR count). The average molecular weight is 259 g/mol. The molecule has 1 N–H and O–H groups in total. The minimum absolute atomic E-state index is 0.0613. The van der Waals surface area contributed by atoms with Gasteiger partial charge in [0.1, 0.15) is 0 Å². The Morgan fingerprint density at radius 3 is 2.60 bits per heavy atom. The molecule has 1 aliphatic heterocycles. The van der Waals surface area contributed by atoms with Gasteiger partial charge in [-0.15, -0.1) is 0 Å². The molecule has 0 radical (unpaired) electrons. The number of ketones is 1. The molecular formula is C18H13NO. The molecule has 96 valence electrons. The van der Waals surface area contributed by atoms with Gasteiger partial charge in [-0.05, 0) is 35.2 Å². The van der Waals surface area contributed by atoms with Gasteiger partial charge in [-0.2, -0.15) is 0 Å². The normalized spacial score (nSPS) is 19.8. The van der Waals surface area contributed by atoms with Gasteiger partial charge in [0.15, 0.2) is 5.78 Å². The zero-order valence-corrected chi connectivity index (χ0v) is 10.8. The lowest BCUT2D eigenvalue weighted by molar-refractivity contribution is -0.112. The van der Waals surface area contributed by atoms with Crippen LogP contribution in [-0.4, -0.2) is 5.78 Å². The van der Waals surface area contributed by atoms with E-state index in [1.807, 2.05) is 48.8 Å². The van der Waals surface area contributed by atoms with Crippen molar-refractivity contribution in [2.45, 2.75) is 0 Å². The number of dihydropyridines is 1. The van der Waals surface area contributed by atoms with Crippen LogP contribution in [0.15, 0.2) is 72.1 Å². The van der Waals surface area contributed by atoms with Gasteiger partial charge in [-0.3, -0.25) is 4.79 Å². The molecule has 0 atom stereocenters. The second-order valence-electron chi connectivity index (χ2n) is 5.09. The van der Waals surface area contributed by atoms with E-state index in [1.165, 1.54) is 0 Å². The average Bonchev–Trinajstić information content (AvgIpc) is 2.88. The van der Waals surface area contributed by atoms with Crippen molar-refractivity contribution < 1.29 is 4.79 Å². The number of hydrogen-bond donors (Lipinski definition) is 1. The van der Waals surface area contributed by atoms with E-state index in [2.05, 4.69) is 23.5 Å². The standard InChI is InChI=1S/C18H13NO/c20-18-15(12-7-9-19-10-8-12)5-6-16-14-4-2-1-3-13(14)11-17(16)18/h1-12,19H. The smallest absolute Gasteiger partial charge is 0.190 e. The molecule has 0 bridgehead atoms. The monoisotopic (exact) mass is 259 g/mol. The maximum absolute atomic E-state index is 12.7. The second-order valence-corrected chi connectivity index (χ2v) is 5.09. The summed E-state index contributed by atoms with van der Waals surface area (Å²) in [4.78, 5) is 12.7. The highest BCUT2D eigenvalue weighted by atomic mass is 16.1. The predicted molar refractivity (Wildman–Crippen MR) is 80.4 cm³/mol. The number of Topliss-reactive ketones (excluding diaryl/α,β-unsaturated/α-hetero) is 1. The SMILES string of the molecule is O=C1C2=Cc3ccccc3C2=CC=C1C1C=CNC=C1. The molecule has 0 saturated heterocycles. The molecule has 0 amide bonds. The van der Waals surface area contributed by atoms with E-state index >= 15 is 0 Å². The zero-order valence-electron chi connectivity index (χ0n) is 10.8. The molecule has 2 nitrogen and oxygen atoms in total. The minimum Gasteiger partial charge on any atom is -0.368 e. The Balaban J connectivity index is 1.79. The third-order valence-electron chi connectivity index (χ3n) is 3.94. The number of benzene rings is 1. The van der Waals surface area contributed by atoms with Gasteiger partial charge >= 0.3 is 0 Å². The van der Waals surface area contributed by atoms with Crippen molar-refractivity contribution in [3.8, 4) is 0 Å². The van der Waals surface area contributed by atoms with E-state index in [-0.39, 0.29) is 11.7 Å². The topological polar surface area (TPSA) is 29.1 Å². The van der Waals surface area contributed by atoms with E-state index in [9.17, 15) is 4.79 Å². The number of carbonyl (C=O) groups is 1. The number of carbonyl (C=O) groups excluding carboxylic acids is 1. The van der Waals surface area contributed by atoms with Gasteiger partial charge in [-0.25, -0.2) is 0 Å². The third kappa shape index (κ3) is 1.55. The van der Waals surface area contributed by atoms with Crippen LogP contribution in [-0.2, 0) is 4.79 Å². The third-order valence-corrected chi connectivity index (χ3v) is 3.94. The summed E-state index contributed by atoms with van der Waals surface area (Å²) in [5.74, 6) is 0.200. The molecule has 1 aromatic rings. The Hall–Kier alpha value is -2.61. The van der Waals surface area contributed by atoms with Gasteiger partial charge in [-0.1, -0.05) is 48.6 Å². The quantitative estimate of drug-likeness (QED) is 0.839. The van der Waals surface area contributed by atoms with Crippen LogP contribution < -0.4 is 5.32 Å². The van der Waals surface area contributed by atoms with Crippen molar-refractivity contribution >= 4 is 17.4 Å². The van der Waals surface area contributed by atoms with Crippen LogP contribution >= 0.6 is 0 Å². The number of hydrogen-bond acceptors (Lipinski definition) is 2. The molecule has 0 aromatic heterocycles. The first-order chi connectivity index (χ1) is 9.84. The molecule has 20 heavy (non-hydrogen) atoms. The molecule has 0 saturated carbocycles. The van der Waals surface area contributed by atoms with E-state index in [4.69, 9.17) is 0 Å². The largest absolute Gasteiger partial charge is 0.368 e. The zero-order chi connectivity index (χ0) is 13.5. The van der Waals surface area contributed by atoms with Gasteiger partial charge < -0.3 is 5.32 Å². The Labute approximate surface area is 117 Å². The van der Waals surface area contributed by atoms with Crippen molar-refractivity contribution in [1.82, 2.24) is 5.32 Å². The number of nitrogens with one attached hydrogen (secondary N) is 1. The van der Waals surface area contributed by atoms with Crippen LogP contribution in [0, 0.1) is 5.92 Å². The van der Waals surface area contributed by atoms with Gasteiger partial charge in [0.05, 0.1) is 0 Å². The van der Waals surface area contributed by atoms with Crippen molar-refractivity contribution in [1.29, 1.82) is 0 Å². The summed E-state index contributed by atoms with van der Waals surface area (Å²) in [7, 11) is 0. The van der Waals surface area contributed by atoms with E-state index < -0.39 is 0 Å². The number of fused-ring (bicyclic) bond motifs is 3. The summed E-state index contributed by atoms with van der Waals surface area (Å²) in [6.45, 7) is 0. The Morgan fingerprint density at radius 1 is 0.950 bits per heavy atom. The highest BCUT2D eigenvalue weighted by Crippen LogP contribution is 2.40. The van der Waals surface area contributed by atoms with E-state index in [0.717, 1.165) is 27.8 Å². The first-order valence-electron chi connectivity index (χ1n) is 6.72. The first-order valence-corrected chi connectivity index (χ1v) is 6.72. The summed E-state index contributed by atoms with van der Waals surface area (Å²) < 4.78 is 0. The second kappa shape index (κ2) is 4.20. The van der Waals surface area contributed by atoms with Crippen molar-refractivity contribution in [2.75, 3.05) is 0 Å². The molecular weight excluding hydrogens is 246 g/mol. The number of allylic oxidation sites excluding steroid dienone is 7. The fourth-order valence-electron chi connectivity index (χ4n) is 2.93. The Morgan fingerprint density at radius 2 is 1.75 bits per heavy atom. The molecule has 2 heteroatoms. The van der Waals surface area contributed by atoms with Crippen LogP contribution in [0.3, 0.4) is 0 Å². The van der Waals surface area contributed by atoms with E-state index in [1.54, 1.807) is 0 Å². The molecule has 2 aliphatic carbocycles. The predicted octanol–water partition coefficient (Wildman–Crippen LogP) is 3.22. The molecule has 0 fully saturated rings. The summed E-state index contributed by atoms with van der Waals surface area (Å²) >= 11 is 0. The van der Waals surface area contributed by atoms with Gasteiger partial charge in [0.25, 0.3) is 0 Å². The lowest BCUT2D eigenvalue weighted by Gasteiger charge is -2.19. The van der Waals surface area contributed by atoms with Crippen molar-refractivity contribution in [3.63, 3.8) is 0 Å². The van der Waals surface area contributed by atoms with Crippen LogP contribution in [0.25, 0.3) is 11.6 Å². The molecule has 3 aliphatic rings. The number of rotatable bonds is 1. The Bertz CT molecular complexity index is 747. The van der Waals surface area contributed by atoms with Crippen LogP contribution in [0.4, 0.5) is 0 Å². The van der Waals surface area contributed by atoms with Crippen molar-refractivity contribution in [2.24, 2.45) is 5.92 Å². The lowest BCUT2D eigenvalue weighted by atomic mass is 9.84. The molecule has 1 heterocycles. The molecule has 0 spiro atoms. The summed E-state index contributed by atoms with van der Waals surface area (Å²) in [5, 5.41) is 3.00.